The molecule has 0 aromatic rings. The van der Waals surface area contributed by atoms with Gasteiger partial charge in [-0.2, -0.15) is 0 Å². The van der Waals surface area contributed by atoms with Crippen LogP contribution in [0.4, 0.5) is 0 Å². The molecule has 0 spiro atoms. The van der Waals surface area contributed by atoms with Crippen molar-refractivity contribution in [3.8, 4) is 0 Å². The van der Waals surface area contributed by atoms with Crippen molar-refractivity contribution in [1.29, 1.82) is 0 Å². The highest BCUT2D eigenvalue weighted by atomic mass is 14.9. The van der Waals surface area contributed by atoms with Crippen LogP contribution in [-0.2, 0) is 0 Å². The number of nitrogens with one attached hydrogen (secondary N) is 1. The summed E-state index contributed by atoms with van der Waals surface area (Å²) in [6.07, 6.45) is 2.81. The predicted molar refractivity (Wildman–Crippen MR) is 49.3 cm³/mol. The molecule has 1 fully saturated rings. The van der Waals surface area contributed by atoms with Crippen LogP contribution in [0.15, 0.2) is 12.3 Å². The molecule has 1 rings (SSSR count). The fraction of sp³-hybridized carbons (Fsp3) is 0.800. The molecule has 1 heteroatoms. The molecule has 0 radical (unpaired) electrons. The summed E-state index contributed by atoms with van der Waals surface area (Å²) in [4.78, 5) is 0. The van der Waals surface area contributed by atoms with Crippen LogP contribution < -0.4 is 5.32 Å². The Hall–Kier alpha value is -0.460. The van der Waals surface area contributed by atoms with Gasteiger partial charge in [0.1, 0.15) is 0 Å². The molecule has 0 amide bonds. The number of hydrogen-bond acceptors (Lipinski definition) is 1. The third kappa shape index (κ3) is 2.96. The summed E-state index contributed by atoms with van der Waals surface area (Å²) in [6.45, 7) is 11.7. The Morgan fingerprint density at radius 2 is 2.00 bits per heavy atom. The highest BCUT2D eigenvalue weighted by Crippen LogP contribution is 2.29. The second kappa shape index (κ2) is 2.88. The third-order valence-corrected chi connectivity index (χ3v) is 2.21. The van der Waals surface area contributed by atoms with E-state index in [1.165, 1.54) is 18.5 Å². The van der Waals surface area contributed by atoms with Crippen molar-refractivity contribution >= 4 is 0 Å². The summed E-state index contributed by atoms with van der Waals surface area (Å²) in [7, 11) is 0. The van der Waals surface area contributed by atoms with Crippen LogP contribution in [-0.4, -0.2) is 6.54 Å². The zero-order chi connectivity index (χ0) is 8.48. The van der Waals surface area contributed by atoms with Gasteiger partial charge in [-0.25, -0.2) is 0 Å². The maximum absolute atomic E-state index is 4.01. The molecule has 0 aromatic heterocycles. The summed E-state index contributed by atoms with van der Waals surface area (Å²) >= 11 is 0. The van der Waals surface area contributed by atoms with Gasteiger partial charge in [-0.3, -0.25) is 0 Å². The molecule has 64 valence electrons. The molecule has 1 aliphatic carbocycles. The molecule has 1 aliphatic rings. The Balaban J connectivity index is 2.19. The summed E-state index contributed by atoms with van der Waals surface area (Å²) in [5, 5.41) is 3.39. The van der Waals surface area contributed by atoms with E-state index in [4.69, 9.17) is 0 Å². The SMILES string of the molecule is C=C(NCC1CC1)C(C)(C)C. The smallest absolute Gasteiger partial charge is 0.0172 e. The van der Waals surface area contributed by atoms with Crippen LogP contribution in [0.5, 0.6) is 0 Å². The molecule has 0 unspecified atom stereocenters. The first-order chi connectivity index (χ1) is 5.00. The zero-order valence-electron chi connectivity index (χ0n) is 7.91. The van der Waals surface area contributed by atoms with Crippen molar-refractivity contribution in [2.75, 3.05) is 6.54 Å². The van der Waals surface area contributed by atoms with Gasteiger partial charge in [0, 0.05) is 17.7 Å². The normalized spacial score (nSPS) is 18.1. The minimum atomic E-state index is 0.217. The van der Waals surface area contributed by atoms with Crippen molar-refractivity contribution in [3.05, 3.63) is 12.3 Å². The lowest BCUT2D eigenvalue weighted by atomic mass is 9.93. The van der Waals surface area contributed by atoms with Gasteiger partial charge in [-0.1, -0.05) is 27.4 Å². The molecule has 1 N–H and O–H groups in total. The number of allylic oxidation sites excluding steroid dienone is 1. The van der Waals surface area contributed by atoms with Crippen molar-refractivity contribution in [1.82, 2.24) is 5.32 Å². The predicted octanol–water partition coefficient (Wildman–Crippen LogP) is 2.55. The first kappa shape index (κ1) is 8.63. The lowest BCUT2D eigenvalue weighted by molar-refractivity contribution is 0.457. The summed E-state index contributed by atoms with van der Waals surface area (Å²) in [5.41, 5.74) is 1.39. The van der Waals surface area contributed by atoms with Crippen molar-refractivity contribution < 1.29 is 0 Å². The largest absolute Gasteiger partial charge is 0.388 e. The maximum atomic E-state index is 4.01. The molecule has 0 atom stereocenters. The number of rotatable bonds is 3. The highest BCUT2D eigenvalue weighted by Gasteiger charge is 2.22. The van der Waals surface area contributed by atoms with E-state index in [1.54, 1.807) is 0 Å². The van der Waals surface area contributed by atoms with Gasteiger partial charge in [0.05, 0.1) is 0 Å². The fourth-order valence-corrected chi connectivity index (χ4v) is 0.855. The molecule has 0 saturated heterocycles. The van der Waals surface area contributed by atoms with Gasteiger partial charge < -0.3 is 5.32 Å². The molecule has 0 heterocycles. The van der Waals surface area contributed by atoms with E-state index in [0.717, 1.165) is 12.5 Å². The Bertz CT molecular complexity index is 149. The summed E-state index contributed by atoms with van der Waals surface area (Å²) in [5.74, 6) is 0.939. The van der Waals surface area contributed by atoms with E-state index in [2.05, 4.69) is 32.7 Å². The fourth-order valence-electron chi connectivity index (χ4n) is 0.855. The standard InChI is InChI=1S/C10H19N/c1-8(10(2,3)4)11-7-9-5-6-9/h9,11H,1,5-7H2,2-4H3. The Morgan fingerprint density at radius 3 is 2.36 bits per heavy atom. The quantitative estimate of drug-likeness (QED) is 0.657. The monoisotopic (exact) mass is 153 g/mol. The minimum absolute atomic E-state index is 0.217. The van der Waals surface area contributed by atoms with Crippen LogP contribution >= 0.6 is 0 Å². The van der Waals surface area contributed by atoms with Gasteiger partial charge >= 0.3 is 0 Å². The van der Waals surface area contributed by atoms with Crippen LogP contribution in [0.2, 0.25) is 0 Å². The first-order valence-corrected chi connectivity index (χ1v) is 4.43. The van der Waals surface area contributed by atoms with Gasteiger partial charge in [0.2, 0.25) is 0 Å². The van der Waals surface area contributed by atoms with Crippen molar-refractivity contribution in [2.45, 2.75) is 33.6 Å². The van der Waals surface area contributed by atoms with E-state index in [0.29, 0.717) is 0 Å². The van der Waals surface area contributed by atoms with E-state index < -0.39 is 0 Å². The van der Waals surface area contributed by atoms with E-state index in [9.17, 15) is 0 Å². The number of hydrogen-bond donors (Lipinski definition) is 1. The van der Waals surface area contributed by atoms with E-state index in [1.807, 2.05) is 0 Å². The van der Waals surface area contributed by atoms with E-state index >= 15 is 0 Å². The maximum Gasteiger partial charge on any atom is 0.0172 e. The average Bonchev–Trinajstić information content (AvgIpc) is 2.62. The molecule has 0 aromatic carbocycles. The minimum Gasteiger partial charge on any atom is -0.388 e. The second-order valence-corrected chi connectivity index (χ2v) is 4.55. The highest BCUT2D eigenvalue weighted by molar-refractivity contribution is 5.03. The zero-order valence-corrected chi connectivity index (χ0v) is 7.91. The van der Waals surface area contributed by atoms with Crippen molar-refractivity contribution in [2.24, 2.45) is 11.3 Å². The molecule has 11 heavy (non-hydrogen) atoms. The van der Waals surface area contributed by atoms with Crippen LogP contribution in [0.25, 0.3) is 0 Å². The molecular weight excluding hydrogens is 134 g/mol. The molecule has 0 aliphatic heterocycles. The second-order valence-electron chi connectivity index (χ2n) is 4.55. The van der Waals surface area contributed by atoms with Crippen LogP contribution in [0.1, 0.15) is 33.6 Å². The summed E-state index contributed by atoms with van der Waals surface area (Å²) in [6, 6.07) is 0. The first-order valence-electron chi connectivity index (χ1n) is 4.43. The van der Waals surface area contributed by atoms with Gasteiger partial charge in [0.25, 0.3) is 0 Å². The van der Waals surface area contributed by atoms with E-state index in [-0.39, 0.29) is 5.41 Å². The summed E-state index contributed by atoms with van der Waals surface area (Å²) < 4.78 is 0. The molecular formula is C10H19N. The lowest BCUT2D eigenvalue weighted by Gasteiger charge is -2.23. The van der Waals surface area contributed by atoms with Gasteiger partial charge in [-0.05, 0) is 18.8 Å². The van der Waals surface area contributed by atoms with Gasteiger partial charge in [0.15, 0.2) is 0 Å². The lowest BCUT2D eigenvalue weighted by Crippen LogP contribution is -2.25. The molecule has 0 bridgehead atoms. The third-order valence-electron chi connectivity index (χ3n) is 2.21. The van der Waals surface area contributed by atoms with Crippen LogP contribution in [0, 0.1) is 11.3 Å². The Morgan fingerprint density at radius 1 is 1.45 bits per heavy atom. The van der Waals surface area contributed by atoms with Gasteiger partial charge in [-0.15, -0.1) is 0 Å². The molecule has 1 saturated carbocycles. The average molecular weight is 153 g/mol. The van der Waals surface area contributed by atoms with Crippen molar-refractivity contribution in [3.63, 3.8) is 0 Å². The topological polar surface area (TPSA) is 12.0 Å². The Kier molecular flexibility index (Phi) is 2.26. The van der Waals surface area contributed by atoms with Crippen LogP contribution in [0.3, 0.4) is 0 Å². The molecule has 1 nitrogen and oxygen atoms in total. The Labute approximate surface area is 69.9 Å².